The number of ether oxygens (including phenoxy) is 1. The minimum absolute atomic E-state index is 0.115. The van der Waals surface area contributed by atoms with Crippen molar-refractivity contribution in [2.75, 3.05) is 37.8 Å². The van der Waals surface area contributed by atoms with Gasteiger partial charge >= 0.3 is 0 Å². The van der Waals surface area contributed by atoms with Gasteiger partial charge in [0.15, 0.2) is 14.1 Å². The SMILES string of the molecule is CC(=O)N1CCc2c(c(N3CC(CO[Si](C)(C)C(C)(C)C)Cc4cc(-c5cnn(C)c5)ccc43)nn2[C@H]2CCOC2)C1. The summed E-state index contributed by atoms with van der Waals surface area (Å²) in [6, 6.07) is 7.02. The van der Waals surface area contributed by atoms with Crippen LogP contribution in [0.4, 0.5) is 11.5 Å². The van der Waals surface area contributed by atoms with Gasteiger partial charge in [0.1, 0.15) is 0 Å². The van der Waals surface area contributed by atoms with Crippen LogP contribution in [0.3, 0.4) is 0 Å². The number of hydrogen-bond donors (Lipinski definition) is 0. The van der Waals surface area contributed by atoms with Gasteiger partial charge in [0.2, 0.25) is 5.91 Å². The molecule has 0 radical (unpaired) electrons. The van der Waals surface area contributed by atoms with Gasteiger partial charge in [-0.2, -0.15) is 10.2 Å². The van der Waals surface area contributed by atoms with E-state index < -0.39 is 8.32 Å². The lowest BCUT2D eigenvalue weighted by molar-refractivity contribution is -0.129. The van der Waals surface area contributed by atoms with Crippen LogP contribution in [0.15, 0.2) is 30.6 Å². The second-order valence-corrected chi connectivity index (χ2v) is 18.7. The molecule has 1 saturated heterocycles. The number of anilines is 2. The van der Waals surface area contributed by atoms with Crippen molar-refractivity contribution in [2.45, 2.75) is 77.7 Å². The summed E-state index contributed by atoms with van der Waals surface area (Å²) < 4.78 is 16.7. The van der Waals surface area contributed by atoms with Gasteiger partial charge in [0.05, 0.1) is 25.4 Å². The van der Waals surface area contributed by atoms with Crippen molar-refractivity contribution in [3.05, 3.63) is 47.4 Å². The van der Waals surface area contributed by atoms with Crippen molar-refractivity contribution >= 4 is 25.7 Å². The first-order valence-corrected chi connectivity index (χ1v) is 18.3. The lowest BCUT2D eigenvalue weighted by Crippen LogP contribution is -2.44. The number of rotatable bonds is 6. The molecular formula is C32H46N6O3Si. The number of aromatic nitrogens is 4. The molecule has 0 spiro atoms. The van der Waals surface area contributed by atoms with E-state index >= 15 is 0 Å². The molecule has 1 aromatic carbocycles. The predicted molar refractivity (Wildman–Crippen MR) is 167 cm³/mol. The van der Waals surface area contributed by atoms with Gasteiger partial charge in [-0.3, -0.25) is 14.2 Å². The molecule has 42 heavy (non-hydrogen) atoms. The first-order chi connectivity index (χ1) is 19.9. The third kappa shape index (κ3) is 5.44. The number of fused-ring (bicyclic) bond motifs is 2. The van der Waals surface area contributed by atoms with E-state index in [2.05, 4.69) is 72.9 Å². The smallest absolute Gasteiger partial charge is 0.219 e. The molecule has 1 fully saturated rings. The van der Waals surface area contributed by atoms with Crippen molar-refractivity contribution in [1.82, 2.24) is 24.5 Å². The van der Waals surface area contributed by atoms with Crippen LogP contribution >= 0.6 is 0 Å². The molecule has 226 valence electrons. The van der Waals surface area contributed by atoms with E-state index in [0.29, 0.717) is 19.1 Å². The summed E-state index contributed by atoms with van der Waals surface area (Å²) in [7, 11) is 0.0467. The molecule has 0 N–H and O–H groups in total. The number of aryl methyl sites for hydroxylation is 1. The van der Waals surface area contributed by atoms with Gasteiger partial charge in [-0.1, -0.05) is 26.8 Å². The zero-order valence-corrected chi connectivity index (χ0v) is 27.3. The van der Waals surface area contributed by atoms with Gasteiger partial charge in [0.25, 0.3) is 0 Å². The molecule has 2 atom stereocenters. The lowest BCUT2D eigenvalue weighted by Gasteiger charge is -2.40. The topological polar surface area (TPSA) is 77.7 Å². The Balaban J connectivity index is 1.41. The largest absolute Gasteiger partial charge is 0.416 e. The molecule has 6 rings (SSSR count). The summed E-state index contributed by atoms with van der Waals surface area (Å²) in [6.07, 6.45) is 6.74. The first-order valence-electron chi connectivity index (χ1n) is 15.4. The Morgan fingerprint density at radius 1 is 1.21 bits per heavy atom. The summed E-state index contributed by atoms with van der Waals surface area (Å²) in [5.41, 5.74) is 7.22. The summed E-state index contributed by atoms with van der Waals surface area (Å²) in [6.45, 7) is 17.6. The Labute approximate surface area is 250 Å². The Kier molecular flexibility index (Phi) is 7.60. The van der Waals surface area contributed by atoms with Crippen LogP contribution in [-0.2, 0) is 40.4 Å². The highest BCUT2D eigenvalue weighted by Gasteiger charge is 2.39. The van der Waals surface area contributed by atoms with Crippen LogP contribution in [0.25, 0.3) is 11.1 Å². The summed E-state index contributed by atoms with van der Waals surface area (Å²) in [4.78, 5) is 16.9. The second-order valence-electron chi connectivity index (χ2n) is 13.9. The van der Waals surface area contributed by atoms with Crippen molar-refractivity contribution < 1.29 is 14.0 Å². The molecular weight excluding hydrogens is 544 g/mol. The van der Waals surface area contributed by atoms with Crippen molar-refractivity contribution in [3.8, 4) is 11.1 Å². The normalized spacial score (nSPS) is 21.0. The number of carbonyl (C=O) groups is 1. The minimum Gasteiger partial charge on any atom is -0.416 e. The molecule has 3 aromatic rings. The molecule has 5 heterocycles. The minimum atomic E-state index is -1.91. The van der Waals surface area contributed by atoms with E-state index in [9.17, 15) is 4.79 Å². The second kappa shape index (κ2) is 11.0. The average Bonchev–Trinajstić information content (AvgIpc) is 3.70. The highest BCUT2D eigenvalue weighted by molar-refractivity contribution is 6.74. The quantitative estimate of drug-likeness (QED) is 0.354. The molecule has 1 amide bonds. The van der Waals surface area contributed by atoms with Crippen LogP contribution in [0.5, 0.6) is 0 Å². The third-order valence-corrected chi connectivity index (χ3v) is 14.4. The summed E-state index contributed by atoms with van der Waals surface area (Å²) in [5.74, 6) is 1.42. The van der Waals surface area contributed by atoms with Crippen molar-refractivity contribution in [1.29, 1.82) is 0 Å². The highest BCUT2D eigenvalue weighted by atomic mass is 28.4. The van der Waals surface area contributed by atoms with Crippen molar-refractivity contribution in [2.24, 2.45) is 13.0 Å². The number of benzene rings is 1. The van der Waals surface area contributed by atoms with E-state index in [1.54, 1.807) is 6.92 Å². The Morgan fingerprint density at radius 2 is 2.02 bits per heavy atom. The maximum atomic E-state index is 12.5. The first kappa shape index (κ1) is 29.1. The zero-order valence-electron chi connectivity index (χ0n) is 26.3. The van der Waals surface area contributed by atoms with E-state index in [1.807, 2.05) is 22.8 Å². The lowest BCUT2D eigenvalue weighted by atomic mass is 9.90. The molecule has 3 aliphatic heterocycles. The van der Waals surface area contributed by atoms with Gasteiger partial charge in [-0.25, -0.2) is 0 Å². The Hall–Kier alpha value is -2.95. The maximum absolute atomic E-state index is 12.5. The van der Waals surface area contributed by atoms with E-state index in [-0.39, 0.29) is 17.0 Å². The zero-order chi connectivity index (χ0) is 29.8. The number of hydrogen-bond acceptors (Lipinski definition) is 6. The monoisotopic (exact) mass is 590 g/mol. The molecule has 3 aliphatic rings. The van der Waals surface area contributed by atoms with Gasteiger partial charge < -0.3 is 19.0 Å². The molecule has 1 unspecified atom stereocenters. The molecule has 9 nitrogen and oxygen atoms in total. The molecule has 0 aliphatic carbocycles. The fourth-order valence-corrected chi connectivity index (χ4v) is 7.37. The fourth-order valence-electron chi connectivity index (χ4n) is 6.28. The number of amides is 1. The van der Waals surface area contributed by atoms with E-state index in [0.717, 1.165) is 56.9 Å². The van der Waals surface area contributed by atoms with Crippen LogP contribution in [0.1, 0.15) is 57.0 Å². The molecule has 0 bridgehead atoms. The van der Waals surface area contributed by atoms with Gasteiger partial charge in [-0.05, 0) is 54.2 Å². The van der Waals surface area contributed by atoms with Crippen LogP contribution in [0, 0.1) is 5.92 Å². The van der Waals surface area contributed by atoms with Crippen LogP contribution in [0.2, 0.25) is 18.1 Å². The van der Waals surface area contributed by atoms with E-state index in [1.165, 1.54) is 28.1 Å². The Bertz CT molecular complexity index is 1470. The van der Waals surface area contributed by atoms with E-state index in [4.69, 9.17) is 14.3 Å². The average molecular weight is 591 g/mol. The predicted octanol–water partition coefficient (Wildman–Crippen LogP) is 5.48. The maximum Gasteiger partial charge on any atom is 0.219 e. The highest BCUT2D eigenvalue weighted by Crippen LogP contribution is 2.43. The van der Waals surface area contributed by atoms with Crippen LogP contribution in [-0.4, -0.2) is 71.6 Å². The van der Waals surface area contributed by atoms with Gasteiger partial charge in [0, 0.05) is 81.3 Å². The summed E-state index contributed by atoms with van der Waals surface area (Å²) in [5, 5.41) is 9.90. The molecule has 2 aromatic heterocycles. The fraction of sp³-hybridized carbons (Fsp3) is 0.594. The molecule has 10 heteroatoms. The number of carbonyl (C=O) groups excluding carboxylic acids is 1. The third-order valence-electron chi connectivity index (χ3n) is 9.86. The van der Waals surface area contributed by atoms with Crippen molar-refractivity contribution in [3.63, 3.8) is 0 Å². The molecule has 0 saturated carbocycles. The van der Waals surface area contributed by atoms with Gasteiger partial charge in [-0.15, -0.1) is 0 Å². The van der Waals surface area contributed by atoms with Crippen LogP contribution < -0.4 is 4.90 Å². The Morgan fingerprint density at radius 3 is 2.69 bits per heavy atom. The number of nitrogens with zero attached hydrogens (tertiary/aromatic N) is 6. The summed E-state index contributed by atoms with van der Waals surface area (Å²) >= 11 is 0. The standard InChI is InChI=1S/C32H46N6O3Si/c1-22(39)36-12-10-30-28(19-36)31(34-38(30)27-11-13-40-21-27)37-17-23(20-41-42(6,7)32(2,3)4)14-25-15-24(8-9-29(25)37)26-16-33-35(5)18-26/h8-9,15-16,18,23,27H,10-14,17,19-21H2,1-7H3/t23?,27-/m0/s1.